The van der Waals surface area contributed by atoms with Gasteiger partial charge in [-0.1, -0.05) is 5.33 Å². The van der Waals surface area contributed by atoms with Crippen molar-refractivity contribution >= 4 is 0 Å². The van der Waals surface area contributed by atoms with Gasteiger partial charge in [0.1, 0.15) is 0 Å². The van der Waals surface area contributed by atoms with Crippen molar-refractivity contribution in [3.63, 3.8) is 0 Å². The molecule has 1 aromatic rings. The fraction of sp³-hybridized carbons (Fsp3) is 0. The summed E-state index contributed by atoms with van der Waals surface area (Å²) in [5.74, 6) is -0.752. The van der Waals surface area contributed by atoms with Crippen molar-refractivity contribution in [2.45, 2.75) is 0 Å². The van der Waals surface area contributed by atoms with E-state index < -0.39 is 0 Å². The molecule has 9 heavy (non-hydrogen) atoms. The zero-order valence-electron chi connectivity index (χ0n) is 4.37. The standard InChI is InChI=1S/C4H5NO4/c6-3-1-2-4(7)9-5-8-3/h1-2,5-7H. The predicted octanol–water partition coefficient (Wildman–Crippen LogP) is 0.736. The molecule has 0 saturated carbocycles. The van der Waals surface area contributed by atoms with Crippen molar-refractivity contribution in [3.05, 3.63) is 12.1 Å². The van der Waals surface area contributed by atoms with Crippen LogP contribution in [0.1, 0.15) is 0 Å². The van der Waals surface area contributed by atoms with E-state index in [1.807, 2.05) is 5.33 Å². The Morgan fingerprint density at radius 2 is 1.56 bits per heavy atom. The zero-order chi connectivity index (χ0) is 6.69. The molecule has 0 spiro atoms. The van der Waals surface area contributed by atoms with Crippen LogP contribution in [-0.4, -0.2) is 15.5 Å². The summed E-state index contributed by atoms with van der Waals surface area (Å²) < 4.78 is 8.41. The van der Waals surface area contributed by atoms with Gasteiger partial charge in [0.2, 0.25) is 0 Å². The van der Waals surface area contributed by atoms with Crippen LogP contribution >= 0.6 is 0 Å². The van der Waals surface area contributed by atoms with Gasteiger partial charge in [0.05, 0.1) is 0 Å². The van der Waals surface area contributed by atoms with Crippen LogP contribution in [0.25, 0.3) is 0 Å². The van der Waals surface area contributed by atoms with Crippen LogP contribution in [-0.2, 0) is 0 Å². The fourth-order valence-corrected chi connectivity index (χ4v) is 0.317. The molecular weight excluding hydrogens is 126 g/mol. The van der Waals surface area contributed by atoms with Crippen LogP contribution in [0.5, 0.6) is 11.9 Å². The first-order valence-electron chi connectivity index (χ1n) is 2.17. The zero-order valence-corrected chi connectivity index (χ0v) is 4.37. The molecule has 50 valence electrons. The van der Waals surface area contributed by atoms with E-state index in [4.69, 9.17) is 10.2 Å². The van der Waals surface area contributed by atoms with Crippen molar-refractivity contribution in [1.29, 1.82) is 0 Å². The van der Waals surface area contributed by atoms with E-state index in [-0.39, 0.29) is 11.9 Å². The summed E-state index contributed by atoms with van der Waals surface area (Å²) >= 11 is 0. The summed E-state index contributed by atoms with van der Waals surface area (Å²) in [6.45, 7) is 0. The van der Waals surface area contributed by atoms with E-state index in [9.17, 15) is 0 Å². The fourth-order valence-electron chi connectivity index (χ4n) is 0.317. The smallest absolute Gasteiger partial charge is 0.307 e. The van der Waals surface area contributed by atoms with E-state index in [0.717, 1.165) is 12.1 Å². The molecule has 0 aliphatic rings. The molecule has 0 fully saturated rings. The Morgan fingerprint density at radius 3 is 2.00 bits per heavy atom. The van der Waals surface area contributed by atoms with Crippen molar-refractivity contribution < 1.29 is 19.3 Å². The number of H-pyrrole nitrogens is 1. The summed E-state index contributed by atoms with van der Waals surface area (Å²) in [6.07, 6.45) is 0. The molecule has 1 aromatic heterocycles. The maximum Gasteiger partial charge on any atom is 0.307 e. The number of aromatic amines is 1. The van der Waals surface area contributed by atoms with E-state index in [2.05, 4.69) is 9.05 Å². The molecule has 0 aromatic carbocycles. The van der Waals surface area contributed by atoms with Gasteiger partial charge in [0.15, 0.2) is 0 Å². The molecular formula is C4H5NO4. The van der Waals surface area contributed by atoms with Gasteiger partial charge >= 0.3 is 11.9 Å². The lowest BCUT2D eigenvalue weighted by molar-refractivity contribution is 0.127. The SMILES string of the molecule is Oc1ccc(O)o[nH]o1. The second kappa shape index (κ2) is 2.17. The van der Waals surface area contributed by atoms with Crippen LogP contribution in [0.15, 0.2) is 21.2 Å². The number of hydrogen-bond acceptors (Lipinski definition) is 4. The van der Waals surface area contributed by atoms with Gasteiger partial charge in [0, 0.05) is 12.1 Å². The number of rotatable bonds is 0. The second-order valence-corrected chi connectivity index (χ2v) is 1.30. The largest absolute Gasteiger partial charge is 0.479 e. The third-order valence-corrected chi connectivity index (χ3v) is 0.661. The molecule has 5 heteroatoms. The lowest BCUT2D eigenvalue weighted by Crippen LogP contribution is -1.56. The number of aromatic hydroxyl groups is 2. The van der Waals surface area contributed by atoms with Gasteiger partial charge in [-0.2, -0.15) is 0 Å². The molecule has 0 atom stereocenters. The minimum absolute atomic E-state index is 0.376. The van der Waals surface area contributed by atoms with Crippen LogP contribution in [0.4, 0.5) is 0 Å². The average Bonchev–Trinajstić information content (AvgIpc) is 1.97. The highest BCUT2D eigenvalue weighted by molar-refractivity contribution is 5.05. The van der Waals surface area contributed by atoms with Crippen LogP contribution in [0.3, 0.4) is 0 Å². The van der Waals surface area contributed by atoms with Crippen LogP contribution in [0.2, 0.25) is 0 Å². The van der Waals surface area contributed by atoms with Gasteiger partial charge in [-0.3, -0.25) is 0 Å². The monoisotopic (exact) mass is 131 g/mol. The van der Waals surface area contributed by atoms with Gasteiger partial charge in [0.25, 0.3) is 0 Å². The van der Waals surface area contributed by atoms with E-state index in [0.29, 0.717) is 0 Å². The molecule has 0 saturated heterocycles. The second-order valence-electron chi connectivity index (χ2n) is 1.30. The van der Waals surface area contributed by atoms with Gasteiger partial charge in [-0.05, 0) is 0 Å². The third kappa shape index (κ3) is 1.45. The Balaban J connectivity index is 3.16. The Kier molecular flexibility index (Phi) is 1.35. The first-order chi connectivity index (χ1) is 4.29. The number of aromatic nitrogens is 1. The topological polar surface area (TPSA) is 82.5 Å². The number of nitrogens with one attached hydrogen (secondary N) is 1. The van der Waals surface area contributed by atoms with E-state index in [1.165, 1.54) is 0 Å². The van der Waals surface area contributed by atoms with Gasteiger partial charge in [-0.15, -0.1) is 0 Å². The third-order valence-electron chi connectivity index (χ3n) is 0.661. The van der Waals surface area contributed by atoms with Gasteiger partial charge < -0.3 is 19.3 Å². The summed E-state index contributed by atoms with van der Waals surface area (Å²) in [5.41, 5.74) is 0. The normalized spacial score (nSPS) is 8.89. The molecule has 1 heterocycles. The molecule has 0 aliphatic heterocycles. The highest BCUT2D eigenvalue weighted by Crippen LogP contribution is 2.07. The highest BCUT2D eigenvalue weighted by Gasteiger charge is 1.86. The van der Waals surface area contributed by atoms with E-state index >= 15 is 0 Å². The quantitative estimate of drug-likeness (QED) is 0.484. The first-order valence-corrected chi connectivity index (χ1v) is 2.17. The number of hydrogen-bond donors (Lipinski definition) is 3. The van der Waals surface area contributed by atoms with E-state index in [1.54, 1.807) is 0 Å². The summed E-state index contributed by atoms with van der Waals surface area (Å²) in [5, 5.41) is 18.9. The molecule has 1 rings (SSSR count). The summed E-state index contributed by atoms with van der Waals surface area (Å²) in [7, 11) is 0. The highest BCUT2D eigenvalue weighted by atomic mass is 16.7. The van der Waals surface area contributed by atoms with Crippen molar-refractivity contribution in [2.75, 3.05) is 0 Å². The molecule has 0 radical (unpaired) electrons. The lowest BCUT2D eigenvalue weighted by atomic mass is 10.6. The molecule has 0 unspecified atom stereocenters. The average molecular weight is 131 g/mol. The Hall–Kier alpha value is -1.52. The van der Waals surface area contributed by atoms with Crippen molar-refractivity contribution in [2.24, 2.45) is 0 Å². The molecule has 0 bridgehead atoms. The van der Waals surface area contributed by atoms with Gasteiger partial charge in [-0.25, -0.2) is 0 Å². The maximum atomic E-state index is 8.55. The summed E-state index contributed by atoms with van der Waals surface area (Å²) in [4.78, 5) is 0. The molecule has 5 nitrogen and oxygen atoms in total. The summed E-state index contributed by atoms with van der Waals surface area (Å²) in [6, 6.07) is 2.27. The Bertz CT molecular complexity index is 197. The van der Waals surface area contributed by atoms with Crippen molar-refractivity contribution in [1.82, 2.24) is 5.33 Å². The lowest BCUT2D eigenvalue weighted by Gasteiger charge is -1.76. The van der Waals surface area contributed by atoms with Crippen LogP contribution < -0.4 is 0 Å². The van der Waals surface area contributed by atoms with Crippen molar-refractivity contribution in [3.8, 4) is 11.9 Å². The Morgan fingerprint density at radius 1 is 1.11 bits per heavy atom. The molecule has 0 amide bonds. The molecule has 0 aliphatic carbocycles. The minimum Gasteiger partial charge on any atom is -0.479 e. The molecule has 3 N–H and O–H groups in total. The Labute approximate surface area is 49.8 Å². The maximum absolute atomic E-state index is 8.55. The first kappa shape index (κ1) is 5.61. The van der Waals surface area contributed by atoms with Crippen LogP contribution in [0, 0.1) is 0 Å². The predicted molar refractivity (Wildman–Crippen MR) is 26.3 cm³/mol. The minimum atomic E-state index is -0.376.